The molecule has 2 fully saturated rings. The van der Waals surface area contributed by atoms with E-state index in [1.807, 2.05) is 32.3 Å². The zero-order valence-electron chi connectivity index (χ0n) is 13.3. The maximum absolute atomic E-state index is 5.98. The Labute approximate surface area is 132 Å². The van der Waals surface area contributed by atoms with Gasteiger partial charge in [-0.2, -0.15) is 0 Å². The third-order valence-corrected chi connectivity index (χ3v) is 4.14. The molecule has 5 heteroatoms. The summed E-state index contributed by atoms with van der Waals surface area (Å²) < 4.78 is 23.6. The van der Waals surface area contributed by atoms with Crippen LogP contribution in [0.2, 0.25) is 0 Å². The molecule has 2 aliphatic rings. The van der Waals surface area contributed by atoms with Gasteiger partial charge in [0.15, 0.2) is 0 Å². The lowest BCUT2D eigenvalue weighted by molar-refractivity contribution is -0.0556. The summed E-state index contributed by atoms with van der Waals surface area (Å²) >= 11 is 0. The number of rotatable bonds is 7. The van der Waals surface area contributed by atoms with Gasteiger partial charge in [-0.15, -0.1) is 0 Å². The molecule has 3 rings (SSSR count). The first-order valence-electron chi connectivity index (χ1n) is 7.89. The van der Waals surface area contributed by atoms with Crippen LogP contribution >= 0.6 is 0 Å². The van der Waals surface area contributed by atoms with Gasteiger partial charge in [0, 0.05) is 6.54 Å². The molecule has 4 atom stereocenters. The van der Waals surface area contributed by atoms with E-state index in [1.165, 1.54) is 5.56 Å². The van der Waals surface area contributed by atoms with Gasteiger partial charge < -0.3 is 23.8 Å². The van der Waals surface area contributed by atoms with Crippen molar-refractivity contribution in [2.24, 2.45) is 0 Å². The minimum atomic E-state index is -0.00680. The third-order valence-electron chi connectivity index (χ3n) is 4.14. The third kappa shape index (κ3) is 3.86. The molecule has 0 amide bonds. The topological polar surface area (TPSA) is 40.2 Å². The molecule has 0 spiro atoms. The van der Waals surface area contributed by atoms with Gasteiger partial charge in [0.2, 0.25) is 0 Å². The van der Waals surface area contributed by atoms with Crippen LogP contribution < -0.4 is 0 Å². The van der Waals surface area contributed by atoms with Crippen molar-refractivity contribution in [3.05, 3.63) is 35.9 Å². The van der Waals surface area contributed by atoms with Gasteiger partial charge in [-0.25, -0.2) is 0 Å². The SMILES string of the molecule is CN(C)CCO[C@@H]1CO[C@H]2[C@@H]1OC[C@@H]2OCc1ccccc1. The fraction of sp³-hybridized carbons (Fsp3) is 0.647. The molecule has 22 heavy (non-hydrogen) atoms. The second kappa shape index (κ2) is 7.53. The summed E-state index contributed by atoms with van der Waals surface area (Å²) in [4.78, 5) is 2.11. The standard InChI is InChI=1S/C17H25NO4/c1-18(2)8-9-19-14-11-21-17-15(12-22-16(14)17)20-10-13-6-4-3-5-7-13/h3-7,14-17H,8-12H2,1-2H3/t14-,15+,16-,17-/m1/s1. The van der Waals surface area contributed by atoms with Crippen LogP contribution in [0, 0.1) is 0 Å². The van der Waals surface area contributed by atoms with Crippen molar-refractivity contribution in [3.63, 3.8) is 0 Å². The molecule has 1 aromatic rings. The highest BCUT2D eigenvalue weighted by Gasteiger charge is 2.48. The van der Waals surface area contributed by atoms with Crippen LogP contribution in [-0.2, 0) is 25.6 Å². The van der Waals surface area contributed by atoms with E-state index in [0.717, 1.165) is 6.54 Å². The molecular weight excluding hydrogens is 282 g/mol. The monoisotopic (exact) mass is 307 g/mol. The predicted octanol–water partition coefficient (Wildman–Crippen LogP) is 1.32. The highest BCUT2D eigenvalue weighted by atomic mass is 16.6. The molecular formula is C17H25NO4. The molecule has 122 valence electrons. The summed E-state index contributed by atoms with van der Waals surface area (Å²) in [6.07, 6.45) is 0.0129. The number of benzene rings is 1. The van der Waals surface area contributed by atoms with Crippen molar-refractivity contribution in [2.45, 2.75) is 31.0 Å². The van der Waals surface area contributed by atoms with Crippen molar-refractivity contribution in [2.75, 3.05) is 40.5 Å². The smallest absolute Gasteiger partial charge is 0.115 e. The first kappa shape index (κ1) is 15.9. The van der Waals surface area contributed by atoms with E-state index in [2.05, 4.69) is 17.0 Å². The Morgan fingerprint density at radius 3 is 2.27 bits per heavy atom. The Morgan fingerprint density at radius 1 is 1.00 bits per heavy atom. The minimum Gasteiger partial charge on any atom is -0.372 e. The van der Waals surface area contributed by atoms with Gasteiger partial charge in [0.05, 0.1) is 26.4 Å². The quantitative estimate of drug-likeness (QED) is 0.760. The molecule has 2 aliphatic heterocycles. The van der Waals surface area contributed by atoms with Crippen molar-refractivity contribution in [3.8, 4) is 0 Å². The Balaban J connectivity index is 1.45. The van der Waals surface area contributed by atoms with Gasteiger partial charge in [-0.1, -0.05) is 30.3 Å². The predicted molar refractivity (Wildman–Crippen MR) is 82.8 cm³/mol. The first-order valence-corrected chi connectivity index (χ1v) is 7.89. The van der Waals surface area contributed by atoms with Gasteiger partial charge in [-0.3, -0.25) is 0 Å². The second-order valence-electron chi connectivity index (χ2n) is 6.14. The largest absolute Gasteiger partial charge is 0.372 e. The molecule has 0 saturated carbocycles. The van der Waals surface area contributed by atoms with Crippen LogP contribution in [0.15, 0.2) is 30.3 Å². The molecule has 0 radical (unpaired) electrons. The van der Waals surface area contributed by atoms with E-state index >= 15 is 0 Å². The Hall–Kier alpha value is -0.980. The fourth-order valence-electron chi connectivity index (χ4n) is 2.88. The Bertz CT molecular complexity index is 453. The number of hydrogen-bond donors (Lipinski definition) is 0. The summed E-state index contributed by atoms with van der Waals surface area (Å²) in [5.41, 5.74) is 1.17. The highest BCUT2D eigenvalue weighted by Crippen LogP contribution is 2.30. The van der Waals surface area contributed by atoms with E-state index in [-0.39, 0.29) is 24.4 Å². The lowest BCUT2D eigenvalue weighted by Crippen LogP contribution is -2.35. The summed E-state index contributed by atoms with van der Waals surface area (Å²) in [7, 11) is 4.08. The van der Waals surface area contributed by atoms with Crippen LogP contribution in [0.3, 0.4) is 0 Å². The molecule has 1 aromatic carbocycles. The Morgan fingerprint density at radius 2 is 1.64 bits per heavy atom. The average molecular weight is 307 g/mol. The van der Waals surface area contributed by atoms with Crippen LogP contribution in [-0.4, -0.2) is 69.8 Å². The lowest BCUT2D eigenvalue weighted by atomic mass is 10.1. The highest BCUT2D eigenvalue weighted by molar-refractivity contribution is 5.13. The van der Waals surface area contributed by atoms with Gasteiger partial charge in [-0.05, 0) is 19.7 Å². The maximum atomic E-state index is 5.98. The summed E-state index contributed by atoms with van der Waals surface area (Å²) in [5.74, 6) is 0. The lowest BCUT2D eigenvalue weighted by Gasteiger charge is -2.18. The van der Waals surface area contributed by atoms with E-state index in [1.54, 1.807) is 0 Å². The van der Waals surface area contributed by atoms with Crippen LogP contribution in [0.25, 0.3) is 0 Å². The van der Waals surface area contributed by atoms with Gasteiger partial charge in [0.25, 0.3) is 0 Å². The van der Waals surface area contributed by atoms with Crippen LogP contribution in [0.5, 0.6) is 0 Å². The number of fused-ring (bicyclic) bond motifs is 1. The van der Waals surface area contributed by atoms with E-state index < -0.39 is 0 Å². The van der Waals surface area contributed by atoms with Crippen molar-refractivity contribution >= 4 is 0 Å². The number of hydrogen-bond acceptors (Lipinski definition) is 5. The maximum Gasteiger partial charge on any atom is 0.115 e. The molecule has 0 aromatic heterocycles. The van der Waals surface area contributed by atoms with Gasteiger partial charge >= 0.3 is 0 Å². The zero-order chi connectivity index (χ0) is 15.4. The molecule has 0 aliphatic carbocycles. The van der Waals surface area contributed by atoms with E-state index in [4.69, 9.17) is 18.9 Å². The summed E-state index contributed by atoms with van der Waals surface area (Å²) in [6, 6.07) is 10.2. The number of nitrogens with zero attached hydrogens (tertiary/aromatic N) is 1. The van der Waals surface area contributed by atoms with Crippen LogP contribution in [0.4, 0.5) is 0 Å². The van der Waals surface area contributed by atoms with Gasteiger partial charge in [0.1, 0.15) is 24.4 Å². The zero-order valence-corrected chi connectivity index (χ0v) is 13.3. The first-order chi connectivity index (χ1) is 10.7. The molecule has 2 heterocycles. The minimum absolute atomic E-state index is 0.00272. The average Bonchev–Trinajstić information content (AvgIpc) is 3.09. The fourth-order valence-corrected chi connectivity index (χ4v) is 2.88. The molecule has 5 nitrogen and oxygen atoms in total. The molecule has 2 saturated heterocycles. The van der Waals surface area contributed by atoms with E-state index in [9.17, 15) is 0 Å². The van der Waals surface area contributed by atoms with Crippen LogP contribution in [0.1, 0.15) is 5.56 Å². The Kier molecular flexibility index (Phi) is 5.44. The molecule has 0 unspecified atom stereocenters. The summed E-state index contributed by atoms with van der Waals surface area (Å²) in [6.45, 7) is 3.36. The van der Waals surface area contributed by atoms with Crippen molar-refractivity contribution < 1.29 is 18.9 Å². The molecule has 0 N–H and O–H groups in total. The summed E-state index contributed by atoms with van der Waals surface area (Å²) in [5, 5.41) is 0. The van der Waals surface area contributed by atoms with Crippen molar-refractivity contribution in [1.82, 2.24) is 4.90 Å². The van der Waals surface area contributed by atoms with E-state index in [0.29, 0.717) is 26.4 Å². The normalized spacial score (nSPS) is 30.9. The number of ether oxygens (including phenoxy) is 4. The van der Waals surface area contributed by atoms with Crippen molar-refractivity contribution in [1.29, 1.82) is 0 Å². The number of likely N-dealkylation sites (N-methyl/N-ethyl adjacent to an activating group) is 1. The molecule has 0 bridgehead atoms. The second-order valence-corrected chi connectivity index (χ2v) is 6.14.